The molecular formula is C25H30FN3O2. The molecule has 1 amide bonds. The zero-order valence-electron chi connectivity index (χ0n) is 18.2. The first-order valence-corrected chi connectivity index (χ1v) is 11.5. The average Bonchev–Trinajstić information content (AvgIpc) is 3.26. The maximum Gasteiger partial charge on any atom is 0.225 e. The molecule has 0 saturated heterocycles. The van der Waals surface area contributed by atoms with Gasteiger partial charge in [0.2, 0.25) is 5.91 Å². The van der Waals surface area contributed by atoms with Crippen LogP contribution in [0.5, 0.6) is 0 Å². The van der Waals surface area contributed by atoms with Crippen LogP contribution in [0, 0.1) is 29.0 Å². The minimum absolute atomic E-state index is 0.0526. The van der Waals surface area contributed by atoms with Crippen LogP contribution in [-0.4, -0.2) is 21.5 Å². The lowest BCUT2D eigenvalue weighted by atomic mass is 9.54. The predicted molar refractivity (Wildman–Crippen MR) is 116 cm³/mol. The number of carbonyl (C=O) groups is 2. The van der Waals surface area contributed by atoms with Crippen molar-refractivity contribution < 1.29 is 14.0 Å². The Labute approximate surface area is 182 Å². The molecule has 3 aliphatic carbocycles. The molecule has 6 heteroatoms. The van der Waals surface area contributed by atoms with E-state index in [2.05, 4.69) is 23.4 Å². The van der Waals surface area contributed by atoms with Gasteiger partial charge in [0.25, 0.3) is 0 Å². The number of halogens is 1. The van der Waals surface area contributed by atoms with E-state index in [4.69, 9.17) is 0 Å². The Balaban J connectivity index is 1.34. The maximum absolute atomic E-state index is 14.4. The van der Waals surface area contributed by atoms with Crippen molar-refractivity contribution >= 4 is 17.5 Å². The van der Waals surface area contributed by atoms with Crippen LogP contribution < -0.4 is 5.32 Å². The van der Waals surface area contributed by atoms with E-state index in [0.717, 1.165) is 36.8 Å². The highest BCUT2D eigenvalue weighted by Crippen LogP contribution is 2.62. The molecule has 31 heavy (non-hydrogen) atoms. The van der Waals surface area contributed by atoms with Crippen molar-refractivity contribution in [3.05, 3.63) is 47.4 Å². The van der Waals surface area contributed by atoms with Crippen LogP contribution in [0.2, 0.25) is 0 Å². The SMILES string of the molecule is Cn1ccc(NC(=O)CC[C@@H]2CC(=O)[C@@]3(C)CCC4c5cccc(F)c5CCC4C23)n1. The van der Waals surface area contributed by atoms with Crippen molar-refractivity contribution in [3.8, 4) is 0 Å². The van der Waals surface area contributed by atoms with E-state index in [-0.39, 0.29) is 29.0 Å². The van der Waals surface area contributed by atoms with Crippen molar-refractivity contribution in [2.75, 3.05) is 5.32 Å². The van der Waals surface area contributed by atoms with Crippen LogP contribution in [0.15, 0.2) is 30.5 Å². The van der Waals surface area contributed by atoms with E-state index in [9.17, 15) is 14.0 Å². The van der Waals surface area contributed by atoms with E-state index < -0.39 is 0 Å². The lowest BCUT2D eigenvalue weighted by Crippen LogP contribution is -2.44. The number of anilines is 1. The summed E-state index contributed by atoms with van der Waals surface area (Å²) in [6.45, 7) is 2.14. The Morgan fingerprint density at radius 1 is 1.32 bits per heavy atom. The molecule has 1 heterocycles. The Bertz CT molecular complexity index is 1030. The standard InChI is InChI=1S/C25H30FN3O2/c1-25-12-10-17-16-4-3-5-20(26)18(16)7-8-19(17)24(25)15(14-21(25)30)6-9-23(31)27-22-11-13-29(2)28-22/h3-5,11,13,15,17,19,24H,6-10,12,14H2,1-2H3,(H,27,28,31)/t15-,17?,19?,24?,25-/m1/s1. The molecule has 0 bridgehead atoms. The second-order valence-corrected chi connectivity index (χ2v) is 9.95. The lowest BCUT2D eigenvalue weighted by Gasteiger charge is -2.50. The fraction of sp³-hybridized carbons (Fsp3) is 0.560. The second kappa shape index (κ2) is 7.57. The summed E-state index contributed by atoms with van der Waals surface area (Å²) in [6.07, 6.45) is 6.96. The van der Waals surface area contributed by atoms with Gasteiger partial charge < -0.3 is 5.32 Å². The maximum atomic E-state index is 14.4. The number of aromatic nitrogens is 2. The molecule has 1 aromatic heterocycles. The Morgan fingerprint density at radius 3 is 2.94 bits per heavy atom. The Morgan fingerprint density at radius 2 is 2.16 bits per heavy atom. The fourth-order valence-corrected chi connectivity index (χ4v) is 6.90. The lowest BCUT2D eigenvalue weighted by molar-refractivity contribution is -0.129. The second-order valence-electron chi connectivity index (χ2n) is 9.95. The fourth-order valence-electron chi connectivity index (χ4n) is 6.90. The van der Waals surface area contributed by atoms with E-state index >= 15 is 0 Å². The van der Waals surface area contributed by atoms with Crippen LogP contribution in [0.3, 0.4) is 0 Å². The van der Waals surface area contributed by atoms with Gasteiger partial charge in [-0.25, -0.2) is 4.39 Å². The third-order valence-electron chi connectivity index (χ3n) is 8.29. The zero-order valence-corrected chi connectivity index (χ0v) is 18.2. The first-order valence-electron chi connectivity index (χ1n) is 11.5. The molecule has 0 spiro atoms. The monoisotopic (exact) mass is 423 g/mol. The number of benzene rings is 1. The van der Waals surface area contributed by atoms with Gasteiger partial charge in [0.05, 0.1) is 0 Å². The molecule has 1 aromatic carbocycles. The number of hydrogen-bond acceptors (Lipinski definition) is 3. The highest BCUT2D eigenvalue weighted by Gasteiger charge is 2.58. The van der Waals surface area contributed by atoms with Gasteiger partial charge in [0.1, 0.15) is 11.6 Å². The molecule has 5 rings (SSSR count). The summed E-state index contributed by atoms with van der Waals surface area (Å²) in [7, 11) is 1.81. The summed E-state index contributed by atoms with van der Waals surface area (Å²) in [4.78, 5) is 25.6. The molecule has 2 saturated carbocycles. The van der Waals surface area contributed by atoms with Crippen LogP contribution >= 0.6 is 0 Å². The molecule has 5 atom stereocenters. The van der Waals surface area contributed by atoms with E-state index in [1.54, 1.807) is 23.0 Å². The highest BCUT2D eigenvalue weighted by molar-refractivity contribution is 5.90. The summed E-state index contributed by atoms with van der Waals surface area (Å²) in [6, 6.07) is 7.25. The van der Waals surface area contributed by atoms with Gasteiger partial charge in [-0.15, -0.1) is 0 Å². The number of amides is 1. The number of aryl methyl sites for hydroxylation is 1. The third kappa shape index (κ3) is 3.40. The van der Waals surface area contributed by atoms with Gasteiger partial charge in [0, 0.05) is 37.6 Å². The number of fused-ring (bicyclic) bond motifs is 5. The molecule has 3 unspecified atom stereocenters. The summed E-state index contributed by atoms with van der Waals surface area (Å²) in [5.74, 6) is 1.99. The molecule has 0 radical (unpaired) electrons. The number of Topliss-reactive ketones (excluding diaryl/α,β-unsaturated/α-hetero) is 1. The predicted octanol–water partition coefficient (Wildman–Crippen LogP) is 4.63. The van der Waals surface area contributed by atoms with Crippen molar-refractivity contribution in [2.45, 2.75) is 57.8 Å². The van der Waals surface area contributed by atoms with Crippen LogP contribution in [0.1, 0.15) is 62.5 Å². The quantitative estimate of drug-likeness (QED) is 0.780. The first-order chi connectivity index (χ1) is 14.9. The largest absolute Gasteiger partial charge is 0.309 e. The van der Waals surface area contributed by atoms with E-state index in [1.165, 1.54) is 0 Å². The van der Waals surface area contributed by atoms with Gasteiger partial charge in [-0.1, -0.05) is 19.1 Å². The van der Waals surface area contributed by atoms with Gasteiger partial charge >= 0.3 is 0 Å². The zero-order chi connectivity index (χ0) is 21.8. The number of ketones is 1. The number of hydrogen-bond donors (Lipinski definition) is 1. The molecule has 3 aliphatic rings. The van der Waals surface area contributed by atoms with E-state index in [0.29, 0.717) is 42.7 Å². The molecule has 2 aromatic rings. The number of carbonyl (C=O) groups excluding carboxylic acids is 2. The third-order valence-corrected chi connectivity index (χ3v) is 8.29. The van der Waals surface area contributed by atoms with Crippen LogP contribution in [0.4, 0.5) is 10.2 Å². The summed E-state index contributed by atoms with van der Waals surface area (Å²) < 4.78 is 16.1. The van der Waals surface area contributed by atoms with Crippen molar-refractivity contribution in [2.24, 2.45) is 30.2 Å². The van der Waals surface area contributed by atoms with Gasteiger partial charge in [0.15, 0.2) is 5.82 Å². The summed E-state index contributed by atoms with van der Waals surface area (Å²) >= 11 is 0. The number of nitrogens with one attached hydrogen (secondary N) is 1. The minimum atomic E-state index is -0.297. The first kappa shape index (κ1) is 20.4. The van der Waals surface area contributed by atoms with Crippen LogP contribution in [-0.2, 0) is 23.1 Å². The van der Waals surface area contributed by atoms with Crippen molar-refractivity contribution in [1.29, 1.82) is 0 Å². The normalized spacial score (nSPS) is 31.6. The van der Waals surface area contributed by atoms with Crippen LogP contribution in [0.25, 0.3) is 0 Å². The molecule has 164 valence electrons. The van der Waals surface area contributed by atoms with Gasteiger partial charge in [-0.05, 0) is 73.0 Å². The Kier molecular flexibility index (Phi) is 4.98. The minimum Gasteiger partial charge on any atom is -0.309 e. The average molecular weight is 424 g/mol. The highest BCUT2D eigenvalue weighted by atomic mass is 19.1. The number of rotatable bonds is 4. The summed E-state index contributed by atoms with van der Waals surface area (Å²) in [5, 5.41) is 7.06. The number of nitrogens with zero attached hydrogens (tertiary/aromatic N) is 2. The van der Waals surface area contributed by atoms with Gasteiger partial charge in [-0.3, -0.25) is 14.3 Å². The molecule has 2 fully saturated rings. The van der Waals surface area contributed by atoms with E-state index in [1.807, 2.05) is 13.1 Å². The molecule has 5 nitrogen and oxygen atoms in total. The Hall–Kier alpha value is -2.50. The topological polar surface area (TPSA) is 64.0 Å². The van der Waals surface area contributed by atoms with Crippen molar-refractivity contribution in [3.63, 3.8) is 0 Å². The summed E-state index contributed by atoms with van der Waals surface area (Å²) in [5.41, 5.74) is 1.74. The molecular weight excluding hydrogens is 393 g/mol. The van der Waals surface area contributed by atoms with Crippen molar-refractivity contribution in [1.82, 2.24) is 9.78 Å². The smallest absolute Gasteiger partial charge is 0.225 e. The van der Waals surface area contributed by atoms with Gasteiger partial charge in [-0.2, -0.15) is 5.10 Å². The molecule has 1 N–H and O–H groups in total. The molecule has 0 aliphatic heterocycles.